The van der Waals surface area contributed by atoms with Gasteiger partial charge in [-0.05, 0) is 31.6 Å². The van der Waals surface area contributed by atoms with Gasteiger partial charge in [-0.2, -0.15) is 0 Å². The molecule has 112 valence electrons. The van der Waals surface area contributed by atoms with Crippen LogP contribution >= 0.6 is 0 Å². The first kappa shape index (κ1) is 13.9. The van der Waals surface area contributed by atoms with E-state index in [1.807, 2.05) is 4.57 Å². The molecule has 0 saturated carbocycles. The smallest absolute Gasteiger partial charge is 0.245 e. The maximum Gasteiger partial charge on any atom is 0.245 e. The molecule has 0 radical (unpaired) electrons. The van der Waals surface area contributed by atoms with Crippen LogP contribution in [0.4, 0.5) is 5.82 Å². The second-order valence-electron chi connectivity index (χ2n) is 6.00. The molecule has 6 heteroatoms. The van der Waals surface area contributed by atoms with Crippen LogP contribution in [0.2, 0.25) is 0 Å². The summed E-state index contributed by atoms with van der Waals surface area (Å²) < 4.78 is 6.88. The zero-order chi connectivity index (χ0) is 15.0. The summed E-state index contributed by atoms with van der Waals surface area (Å²) in [5.74, 6) is 2.28. The zero-order valence-electron chi connectivity index (χ0n) is 12.6. The van der Waals surface area contributed by atoms with Gasteiger partial charge in [-0.3, -0.25) is 4.79 Å². The zero-order valence-corrected chi connectivity index (χ0v) is 12.6. The van der Waals surface area contributed by atoms with Crippen molar-refractivity contribution in [3.05, 3.63) is 29.5 Å². The molecular formula is C15H20N4O2. The Kier molecular flexibility index (Phi) is 3.53. The van der Waals surface area contributed by atoms with Crippen LogP contribution in [0.25, 0.3) is 0 Å². The first-order valence-electron chi connectivity index (χ1n) is 7.29. The highest BCUT2D eigenvalue weighted by Crippen LogP contribution is 2.28. The predicted octanol–water partition coefficient (Wildman–Crippen LogP) is 2.19. The SMILES string of the molecule is Cc1cc(NC(=O)Cn2cnc3c2CC(C)C(C)C3)no1. The third kappa shape index (κ3) is 2.84. The first-order valence-corrected chi connectivity index (χ1v) is 7.29. The van der Waals surface area contributed by atoms with Crippen LogP contribution in [0, 0.1) is 18.8 Å². The Hall–Kier alpha value is -2.11. The lowest BCUT2D eigenvalue weighted by Crippen LogP contribution is -2.25. The number of amides is 1. The number of hydrogen-bond acceptors (Lipinski definition) is 4. The van der Waals surface area contributed by atoms with E-state index >= 15 is 0 Å². The number of hydrogen-bond donors (Lipinski definition) is 1. The minimum atomic E-state index is -0.116. The second kappa shape index (κ2) is 5.35. The minimum Gasteiger partial charge on any atom is -0.360 e. The van der Waals surface area contributed by atoms with Crippen molar-refractivity contribution < 1.29 is 9.32 Å². The number of aryl methyl sites for hydroxylation is 1. The van der Waals surface area contributed by atoms with Crippen LogP contribution in [-0.4, -0.2) is 20.6 Å². The summed E-state index contributed by atoms with van der Waals surface area (Å²) in [6.07, 6.45) is 3.74. The molecule has 6 nitrogen and oxygen atoms in total. The maximum absolute atomic E-state index is 12.1. The highest BCUT2D eigenvalue weighted by Gasteiger charge is 2.26. The van der Waals surface area contributed by atoms with Gasteiger partial charge >= 0.3 is 0 Å². The molecule has 0 aliphatic heterocycles. The molecule has 1 amide bonds. The number of fused-ring (bicyclic) bond motifs is 1. The summed E-state index contributed by atoms with van der Waals surface area (Å²) in [6, 6.07) is 1.70. The highest BCUT2D eigenvalue weighted by atomic mass is 16.5. The molecule has 2 atom stereocenters. The van der Waals surface area contributed by atoms with Crippen LogP contribution in [0.5, 0.6) is 0 Å². The Balaban J connectivity index is 1.70. The Morgan fingerprint density at radius 1 is 1.43 bits per heavy atom. The monoisotopic (exact) mass is 288 g/mol. The molecule has 1 N–H and O–H groups in total. The fourth-order valence-electron chi connectivity index (χ4n) is 2.77. The van der Waals surface area contributed by atoms with E-state index in [-0.39, 0.29) is 12.5 Å². The Morgan fingerprint density at radius 2 is 2.19 bits per heavy atom. The van der Waals surface area contributed by atoms with E-state index in [0.29, 0.717) is 23.4 Å². The van der Waals surface area contributed by atoms with Crippen LogP contribution in [0.1, 0.15) is 31.0 Å². The van der Waals surface area contributed by atoms with Gasteiger partial charge in [0, 0.05) is 11.8 Å². The number of anilines is 1. The van der Waals surface area contributed by atoms with Crippen molar-refractivity contribution >= 4 is 11.7 Å². The molecule has 0 saturated heterocycles. The predicted molar refractivity (Wildman–Crippen MR) is 77.8 cm³/mol. The minimum absolute atomic E-state index is 0.116. The summed E-state index contributed by atoms with van der Waals surface area (Å²) >= 11 is 0. The van der Waals surface area contributed by atoms with E-state index in [1.54, 1.807) is 19.3 Å². The van der Waals surface area contributed by atoms with Crippen molar-refractivity contribution in [3.63, 3.8) is 0 Å². The van der Waals surface area contributed by atoms with Crippen molar-refractivity contribution in [1.82, 2.24) is 14.7 Å². The lowest BCUT2D eigenvalue weighted by Gasteiger charge is -2.26. The standard InChI is InChI=1S/C15H20N4O2/c1-9-4-12-13(5-10(9)2)19(8-16-12)7-15(20)17-14-6-11(3)21-18-14/h6,8-10H,4-5,7H2,1-3H3,(H,17,18,20). The summed E-state index contributed by atoms with van der Waals surface area (Å²) in [4.78, 5) is 16.5. The van der Waals surface area contributed by atoms with E-state index in [4.69, 9.17) is 4.52 Å². The first-order chi connectivity index (χ1) is 10.0. The fourth-order valence-corrected chi connectivity index (χ4v) is 2.77. The Labute approximate surface area is 123 Å². The van der Waals surface area contributed by atoms with Gasteiger partial charge in [-0.25, -0.2) is 4.98 Å². The summed E-state index contributed by atoms with van der Waals surface area (Å²) in [5, 5.41) is 6.50. The van der Waals surface area contributed by atoms with Gasteiger partial charge in [-0.1, -0.05) is 19.0 Å². The highest BCUT2D eigenvalue weighted by molar-refractivity contribution is 5.89. The molecule has 1 aliphatic rings. The number of carbonyl (C=O) groups is 1. The fraction of sp³-hybridized carbons (Fsp3) is 0.533. The van der Waals surface area contributed by atoms with Crippen LogP contribution in [0.15, 0.2) is 16.9 Å². The van der Waals surface area contributed by atoms with Gasteiger partial charge in [0.1, 0.15) is 12.3 Å². The molecular weight excluding hydrogens is 268 g/mol. The summed E-state index contributed by atoms with van der Waals surface area (Å²) in [7, 11) is 0. The van der Waals surface area contributed by atoms with E-state index < -0.39 is 0 Å². The molecule has 0 fully saturated rings. The molecule has 0 aromatic carbocycles. The molecule has 1 aliphatic carbocycles. The molecule has 2 aromatic rings. The summed E-state index contributed by atoms with van der Waals surface area (Å²) in [6.45, 7) is 6.56. The van der Waals surface area contributed by atoms with Crippen molar-refractivity contribution in [2.45, 2.75) is 40.2 Å². The Morgan fingerprint density at radius 3 is 2.90 bits per heavy atom. The van der Waals surface area contributed by atoms with Gasteiger partial charge in [-0.15, -0.1) is 0 Å². The van der Waals surface area contributed by atoms with Crippen molar-refractivity contribution in [2.75, 3.05) is 5.32 Å². The normalized spacial score (nSPS) is 21.1. The van der Waals surface area contributed by atoms with Gasteiger partial charge in [0.2, 0.25) is 5.91 Å². The number of nitrogens with one attached hydrogen (secondary N) is 1. The second-order valence-corrected chi connectivity index (χ2v) is 6.00. The third-order valence-corrected chi connectivity index (χ3v) is 4.24. The molecule has 0 spiro atoms. The molecule has 0 bridgehead atoms. The Bertz CT molecular complexity index is 658. The van der Waals surface area contributed by atoms with Crippen LogP contribution < -0.4 is 5.32 Å². The lowest BCUT2D eigenvalue weighted by molar-refractivity contribution is -0.116. The number of nitrogens with zero attached hydrogens (tertiary/aromatic N) is 3. The lowest BCUT2D eigenvalue weighted by atomic mass is 9.82. The van der Waals surface area contributed by atoms with E-state index in [0.717, 1.165) is 18.5 Å². The molecule has 2 heterocycles. The van der Waals surface area contributed by atoms with Gasteiger partial charge in [0.05, 0.1) is 12.0 Å². The van der Waals surface area contributed by atoms with Gasteiger partial charge in [0.15, 0.2) is 5.82 Å². The quantitative estimate of drug-likeness (QED) is 0.939. The third-order valence-electron chi connectivity index (χ3n) is 4.24. The maximum atomic E-state index is 12.1. The topological polar surface area (TPSA) is 73.0 Å². The van der Waals surface area contributed by atoms with Gasteiger partial charge < -0.3 is 14.4 Å². The average Bonchev–Trinajstić information content (AvgIpc) is 2.98. The van der Waals surface area contributed by atoms with Crippen LogP contribution in [-0.2, 0) is 24.2 Å². The van der Waals surface area contributed by atoms with Crippen molar-refractivity contribution in [1.29, 1.82) is 0 Å². The van der Waals surface area contributed by atoms with Crippen molar-refractivity contribution in [2.24, 2.45) is 11.8 Å². The number of aromatic nitrogens is 3. The average molecular weight is 288 g/mol. The largest absolute Gasteiger partial charge is 0.360 e. The molecule has 21 heavy (non-hydrogen) atoms. The van der Waals surface area contributed by atoms with E-state index in [9.17, 15) is 4.79 Å². The summed E-state index contributed by atoms with van der Waals surface area (Å²) in [5.41, 5.74) is 2.32. The molecule has 2 aromatic heterocycles. The van der Waals surface area contributed by atoms with Crippen molar-refractivity contribution in [3.8, 4) is 0 Å². The number of imidazole rings is 1. The van der Waals surface area contributed by atoms with E-state index in [1.165, 1.54) is 5.69 Å². The van der Waals surface area contributed by atoms with Gasteiger partial charge in [0.25, 0.3) is 0 Å². The van der Waals surface area contributed by atoms with E-state index in [2.05, 4.69) is 29.3 Å². The molecule has 2 unspecified atom stereocenters. The number of carbonyl (C=O) groups excluding carboxylic acids is 1. The molecule has 3 rings (SSSR count). The number of rotatable bonds is 3. The van der Waals surface area contributed by atoms with Crippen LogP contribution in [0.3, 0.4) is 0 Å².